The zero-order chi connectivity index (χ0) is 20.9. The van der Waals surface area contributed by atoms with Gasteiger partial charge in [-0.15, -0.1) is 5.10 Å². The van der Waals surface area contributed by atoms with E-state index in [0.29, 0.717) is 23.9 Å². The molecule has 0 atom stereocenters. The fraction of sp³-hybridized carbons (Fsp3) is 0.273. The van der Waals surface area contributed by atoms with Gasteiger partial charge in [-0.05, 0) is 48.2 Å². The molecule has 0 unspecified atom stereocenters. The van der Waals surface area contributed by atoms with E-state index in [1.54, 1.807) is 37.4 Å². The summed E-state index contributed by atoms with van der Waals surface area (Å²) in [5.74, 6) is 0.593. The molecule has 0 amide bonds. The van der Waals surface area contributed by atoms with E-state index in [1.165, 1.54) is 5.56 Å². The van der Waals surface area contributed by atoms with Gasteiger partial charge in [0.25, 0.3) is 0 Å². The number of carbonyl (C=O) groups is 1. The van der Waals surface area contributed by atoms with E-state index in [0.717, 1.165) is 11.4 Å². The average molecular weight is 391 g/mol. The normalized spacial score (nSPS) is 11.0. The van der Waals surface area contributed by atoms with Crippen molar-refractivity contribution in [2.75, 3.05) is 17.2 Å². The Balaban J connectivity index is 1.75. The molecule has 0 aliphatic carbocycles. The van der Waals surface area contributed by atoms with Crippen LogP contribution in [0.2, 0.25) is 0 Å². The summed E-state index contributed by atoms with van der Waals surface area (Å²) in [5.41, 5.74) is 3.39. The van der Waals surface area contributed by atoms with Gasteiger partial charge in [-0.3, -0.25) is 0 Å². The smallest absolute Gasteiger partial charge is 0.338 e. The predicted molar refractivity (Wildman–Crippen MR) is 114 cm³/mol. The Morgan fingerprint density at radius 1 is 1.03 bits per heavy atom. The van der Waals surface area contributed by atoms with E-state index in [2.05, 4.69) is 52.7 Å². The molecule has 0 radical (unpaired) electrons. The molecular formula is C22H25N5O2. The van der Waals surface area contributed by atoms with Crippen molar-refractivity contribution in [3.8, 4) is 0 Å². The first-order valence-electron chi connectivity index (χ1n) is 9.47. The van der Waals surface area contributed by atoms with Crippen LogP contribution in [0, 0.1) is 0 Å². The second kappa shape index (κ2) is 8.68. The van der Waals surface area contributed by atoms with Gasteiger partial charge in [0, 0.05) is 11.4 Å². The summed E-state index contributed by atoms with van der Waals surface area (Å²) < 4.78 is 4.99. The third-order valence-electron chi connectivity index (χ3n) is 4.21. The zero-order valence-corrected chi connectivity index (χ0v) is 17.1. The van der Waals surface area contributed by atoms with Crippen molar-refractivity contribution < 1.29 is 9.53 Å². The Morgan fingerprint density at radius 3 is 2.45 bits per heavy atom. The number of benzene rings is 2. The molecule has 0 saturated heterocycles. The van der Waals surface area contributed by atoms with Crippen molar-refractivity contribution >= 4 is 29.1 Å². The van der Waals surface area contributed by atoms with Gasteiger partial charge in [-0.2, -0.15) is 10.1 Å². The summed E-state index contributed by atoms with van der Waals surface area (Å²) in [7, 11) is 0. The number of esters is 1. The minimum absolute atomic E-state index is 0.00813. The first kappa shape index (κ1) is 20.3. The molecule has 3 aromatic rings. The summed E-state index contributed by atoms with van der Waals surface area (Å²) in [6.45, 7) is 8.62. The molecule has 2 N–H and O–H groups in total. The summed E-state index contributed by atoms with van der Waals surface area (Å²) in [5, 5.41) is 14.5. The molecule has 1 heterocycles. The number of rotatable bonds is 6. The third kappa shape index (κ3) is 5.28. The molecule has 29 heavy (non-hydrogen) atoms. The highest BCUT2D eigenvalue weighted by Gasteiger charge is 2.17. The van der Waals surface area contributed by atoms with Crippen molar-refractivity contribution in [1.82, 2.24) is 15.2 Å². The lowest BCUT2D eigenvalue weighted by molar-refractivity contribution is 0.0526. The quantitative estimate of drug-likeness (QED) is 0.582. The highest BCUT2D eigenvalue weighted by Crippen LogP contribution is 2.30. The monoisotopic (exact) mass is 391 g/mol. The van der Waals surface area contributed by atoms with E-state index < -0.39 is 0 Å². The molecule has 0 bridgehead atoms. The van der Waals surface area contributed by atoms with Crippen LogP contribution >= 0.6 is 0 Å². The molecule has 0 spiro atoms. The molecule has 7 nitrogen and oxygen atoms in total. The molecule has 0 aliphatic heterocycles. The number of carbonyl (C=O) groups excluding carboxylic acids is 1. The second-order valence-electron chi connectivity index (χ2n) is 7.51. The van der Waals surface area contributed by atoms with Crippen molar-refractivity contribution in [3.63, 3.8) is 0 Å². The molecular weight excluding hydrogens is 366 g/mol. The lowest BCUT2D eigenvalue weighted by Crippen LogP contribution is -2.14. The van der Waals surface area contributed by atoms with E-state index in [1.807, 2.05) is 18.2 Å². The van der Waals surface area contributed by atoms with Crippen molar-refractivity contribution in [1.29, 1.82) is 0 Å². The minimum atomic E-state index is -0.347. The van der Waals surface area contributed by atoms with Gasteiger partial charge < -0.3 is 15.4 Å². The van der Waals surface area contributed by atoms with Gasteiger partial charge >= 0.3 is 5.97 Å². The highest BCUT2D eigenvalue weighted by atomic mass is 16.5. The van der Waals surface area contributed by atoms with Gasteiger partial charge in [0.15, 0.2) is 5.82 Å². The summed E-state index contributed by atoms with van der Waals surface area (Å²) in [4.78, 5) is 16.2. The number of hydrogen-bond acceptors (Lipinski definition) is 7. The molecule has 150 valence electrons. The Hall–Kier alpha value is -3.48. The van der Waals surface area contributed by atoms with Gasteiger partial charge in [0.2, 0.25) is 5.95 Å². The van der Waals surface area contributed by atoms with Gasteiger partial charge in [0.05, 0.1) is 18.4 Å². The second-order valence-corrected chi connectivity index (χ2v) is 7.51. The van der Waals surface area contributed by atoms with E-state index in [-0.39, 0.29) is 11.4 Å². The molecule has 2 aromatic carbocycles. The maximum atomic E-state index is 11.7. The van der Waals surface area contributed by atoms with Crippen molar-refractivity contribution in [3.05, 3.63) is 65.9 Å². The van der Waals surface area contributed by atoms with Crippen LogP contribution in [0.25, 0.3) is 0 Å². The van der Waals surface area contributed by atoms with Gasteiger partial charge in [0.1, 0.15) is 0 Å². The largest absolute Gasteiger partial charge is 0.462 e. The van der Waals surface area contributed by atoms with Gasteiger partial charge in [-0.25, -0.2) is 4.79 Å². The van der Waals surface area contributed by atoms with E-state index in [9.17, 15) is 4.79 Å². The molecule has 0 fully saturated rings. The van der Waals surface area contributed by atoms with Gasteiger partial charge in [-0.1, -0.05) is 39.0 Å². The van der Waals surface area contributed by atoms with Crippen LogP contribution in [-0.2, 0) is 10.2 Å². The Morgan fingerprint density at radius 2 is 1.76 bits per heavy atom. The van der Waals surface area contributed by atoms with Crippen LogP contribution in [0.4, 0.5) is 23.1 Å². The Bertz CT molecular complexity index is 981. The van der Waals surface area contributed by atoms with Crippen LogP contribution in [0.1, 0.15) is 43.6 Å². The maximum absolute atomic E-state index is 11.7. The fourth-order valence-corrected chi connectivity index (χ4v) is 2.83. The number of aromatic nitrogens is 3. The van der Waals surface area contributed by atoms with Crippen LogP contribution in [-0.4, -0.2) is 27.8 Å². The fourth-order valence-electron chi connectivity index (χ4n) is 2.83. The lowest BCUT2D eigenvalue weighted by Gasteiger charge is -2.23. The predicted octanol–water partition coefficient (Wildman–Crippen LogP) is 4.83. The van der Waals surface area contributed by atoms with Crippen molar-refractivity contribution in [2.24, 2.45) is 0 Å². The van der Waals surface area contributed by atoms with Crippen molar-refractivity contribution in [2.45, 2.75) is 33.1 Å². The first-order chi connectivity index (χ1) is 13.9. The lowest BCUT2D eigenvalue weighted by atomic mass is 9.86. The summed E-state index contributed by atoms with van der Waals surface area (Å²) in [6, 6.07) is 15.0. The minimum Gasteiger partial charge on any atom is -0.462 e. The van der Waals surface area contributed by atoms with Crippen LogP contribution in [0.15, 0.2) is 54.7 Å². The number of anilines is 4. The Kier molecular flexibility index (Phi) is 6.07. The van der Waals surface area contributed by atoms with Crippen LogP contribution < -0.4 is 10.6 Å². The summed E-state index contributed by atoms with van der Waals surface area (Å²) >= 11 is 0. The number of nitrogens with zero attached hydrogens (tertiary/aromatic N) is 3. The Labute approximate surface area is 170 Å². The van der Waals surface area contributed by atoms with Crippen LogP contribution in [0.5, 0.6) is 0 Å². The number of ether oxygens (including phenoxy) is 1. The van der Waals surface area contributed by atoms with E-state index in [4.69, 9.17) is 4.74 Å². The molecule has 7 heteroatoms. The SMILES string of the molecule is CCOC(=O)c1ccc(Nc2nncc(Nc3ccccc3C(C)(C)C)n2)cc1. The number of nitrogens with one attached hydrogen (secondary N) is 2. The molecule has 0 saturated carbocycles. The molecule has 1 aromatic heterocycles. The molecule has 3 rings (SSSR count). The summed E-state index contributed by atoms with van der Waals surface area (Å²) in [6.07, 6.45) is 1.58. The first-order valence-corrected chi connectivity index (χ1v) is 9.47. The highest BCUT2D eigenvalue weighted by molar-refractivity contribution is 5.89. The van der Waals surface area contributed by atoms with E-state index >= 15 is 0 Å². The maximum Gasteiger partial charge on any atom is 0.338 e. The van der Waals surface area contributed by atoms with Crippen LogP contribution in [0.3, 0.4) is 0 Å². The average Bonchev–Trinajstić information content (AvgIpc) is 2.69. The zero-order valence-electron chi connectivity index (χ0n) is 17.1. The third-order valence-corrected chi connectivity index (χ3v) is 4.21. The topological polar surface area (TPSA) is 89.0 Å². The molecule has 0 aliphatic rings. The standard InChI is InChI=1S/C22H25N5O2/c1-5-29-20(28)15-10-12-16(13-11-15)24-21-26-19(14-23-27-21)25-18-9-7-6-8-17(18)22(2,3)4/h6-14H,5H2,1-4H3,(H2,24,25,26,27). The number of hydrogen-bond donors (Lipinski definition) is 2. The number of para-hydroxylation sites is 1.